The molecule has 3 nitrogen and oxygen atoms in total. The Hall–Kier alpha value is -2.07. The number of hydrogen-bond acceptors (Lipinski definition) is 3. The van der Waals surface area contributed by atoms with E-state index in [1.807, 2.05) is 0 Å². The van der Waals surface area contributed by atoms with Crippen molar-refractivity contribution in [2.45, 2.75) is 6.10 Å². The van der Waals surface area contributed by atoms with E-state index in [1.54, 1.807) is 43.5 Å². The molecule has 0 radical (unpaired) electrons. The zero-order chi connectivity index (χ0) is 13.8. The van der Waals surface area contributed by atoms with Gasteiger partial charge < -0.3 is 14.6 Å². The van der Waals surface area contributed by atoms with E-state index in [0.29, 0.717) is 17.1 Å². The average molecular weight is 262 g/mol. The Morgan fingerprint density at radius 3 is 2.37 bits per heavy atom. The van der Waals surface area contributed by atoms with Gasteiger partial charge in [-0.2, -0.15) is 0 Å². The first-order chi connectivity index (χ1) is 9.17. The van der Waals surface area contributed by atoms with E-state index in [0.717, 1.165) is 0 Å². The summed E-state index contributed by atoms with van der Waals surface area (Å²) in [6.07, 6.45) is -1.08. The van der Waals surface area contributed by atoms with Crippen LogP contribution in [0.4, 0.5) is 4.39 Å². The molecule has 0 aromatic heterocycles. The van der Waals surface area contributed by atoms with Crippen LogP contribution >= 0.6 is 0 Å². The highest BCUT2D eigenvalue weighted by Gasteiger charge is 2.18. The number of rotatable bonds is 4. The molecule has 0 aliphatic rings. The first-order valence-electron chi connectivity index (χ1n) is 5.81. The third-order valence-electron chi connectivity index (χ3n) is 2.94. The van der Waals surface area contributed by atoms with Crippen LogP contribution in [0.3, 0.4) is 0 Å². The van der Waals surface area contributed by atoms with Gasteiger partial charge in [-0.25, -0.2) is 4.39 Å². The minimum absolute atomic E-state index is 0.214. The fourth-order valence-corrected chi connectivity index (χ4v) is 1.91. The quantitative estimate of drug-likeness (QED) is 0.920. The Balaban J connectivity index is 2.44. The van der Waals surface area contributed by atoms with Gasteiger partial charge in [0.25, 0.3) is 0 Å². The van der Waals surface area contributed by atoms with Crippen LogP contribution in [0, 0.1) is 5.82 Å². The van der Waals surface area contributed by atoms with Crippen LogP contribution in [0.1, 0.15) is 17.2 Å². The average Bonchev–Trinajstić information content (AvgIpc) is 2.46. The molecule has 0 saturated heterocycles. The number of hydrogen-bond donors (Lipinski definition) is 1. The summed E-state index contributed by atoms with van der Waals surface area (Å²) < 4.78 is 24.0. The molecule has 0 amide bonds. The van der Waals surface area contributed by atoms with Gasteiger partial charge in [0.2, 0.25) is 0 Å². The zero-order valence-corrected chi connectivity index (χ0v) is 10.8. The number of ether oxygens (including phenoxy) is 2. The molecule has 1 N–H and O–H groups in total. The molecule has 2 aromatic carbocycles. The summed E-state index contributed by atoms with van der Waals surface area (Å²) in [4.78, 5) is 0. The van der Waals surface area contributed by atoms with Crippen molar-refractivity contribution in [2.75, 3.05) is 14.2 Å². The molecule has 4 heteroatoms. The summed E-state index contributed by atoms with van der Waals surface area (Å²) in [5, 5.41) is 10.3. The van der Waals surface area contributed by atoms with E-state index < -0.39 is 11.9 Å². The number of methoxy groups -OCH3 is 2. The smallest absolute Gasteiger partial charge is 0.129 e. The topological polar surface area (TPSA) is 38.7 Å². The van der Waals surface area contributed by atoms with Gasteiger partial charge in [-0.3, -0.25) is 0 Å². The molecular formula is C15H15FO3. The molecule has 100 valence electrons. The Morgan fingerprint density at radius 2 is 1.74 bits per heavy atom. The van der Waals surface area contributed by atoms with Crippen LogP contribution in [0.25, 0.3) is 0 Å². The number of aliphatic hydroxyl groups excluding tert-OH is 1. The number of aliphatic hydroxyl groups is 1. The molecule has 0 saturated carbocycles. The highest BCUT2D eigenvalue weighted by atomic mass is 19.1. The van der Waals surface area contributed by atoms with Crippen molar-refractivity contribution < 1.29 is 19.0 Å². The lowest BCUT2D eigenvalue weighted by molar-refractivity contribution is 0.209. The van der Waals surface area contributed by atoms with Crippen molar-refractivity contribution in [3.8, 4) is 11.5 Å². The third kappa shape index (κ3) is 2.69. The Labute approximate surface area is 111 Å². The largest absolute Gasteiger partial charge is 0.497 e. The summed E-state index contributed by atoms with van der Waals surface area (Å²) in [5.41, 5.74) is 0.708. The Morgan fingerprint density at radius 1 is 1.00 bits per heavy atom. The molecule has 19 heavy (non-hydrogen) atoms. The number of benzene rings is 2. The lowest BCUT2D eigenvalue weighted by Gasteiger charge is -2.16. The van der Waals surface area contributed by atoms with Crippen molar-refractivity contribution in [3.63, 3.8) is 0 Å². The first-order valence-corrected chi connectivity index (χ1v) is 5.81. The Bertz CT molecular complexity index is 569. The third-order valence-corrected chi connectivity index (χ3v) is 2.94. The van der Waals surface area contributed by atoms with Crippen LogP contribution in [-0.4, -0.2) is 19.3 Å². The van der Waals surface area contributed by atoms with E-state index in [1.165, 1.54) is 13.2 Å². The lowest BCUT2D eigenvalue weighted by atomic mass is 10.00. The van der Waals surface area contributed by atoms with Gasteiger partial charge in [-0.05, 0) is 18.2 Å². The van der Waals surface area contributed by atoms with E-state index in [-0.39, 0.29) is 5.56 Å². The monoisotopic (exact) mass is 262 g/mol. The van der Waals surface area contributed by atoms with Crippen LogP contribution in [0.2, 0.25) is 0 Å². The summed E-state index contributed by atoms with van der Waals surface area (Å²) in [7, 11) is 3.04. The minimum atomic E-state index is -1.08. The highest BCUT2D eigenvalue weighted by molar-refractivity contribution is 5.45. The molecule has 0 aliphatic carbocycles. The van der Waals surface area contributed by atoms with E-state index in [9.17, 15) is 9.50 Å². The summed E-state index contributed by atoms with van der Waals surface area (Å²) >= 11 is 0. The van der Waals surface area contributed by atoms with Gasteiger partial charge >= 0.3 is 0 Å². The van der Waals surface area contributed by atoms with E-state index in [4.69, 9.17) is 9.47 Å². The Kier molecular flexibility index (Phi) is 4.02. The fourth-order valence-electron chi connectivity index (χ4n) is 1.91. The second-order valence-electron chi connectivity index (χ2n) is 4.03. The molecule has 0 fully saturated rings. The lowest BCUT2D eigenvalue weighted by Crippen LogP contribution is -2.04. The zero-order valence-electron chi connectivity index (χ0n) is 10.8. The summed E-state index contributed by atoms with van der Waals surface area (Å²) in [5.74, 6) is 0.615. The van der Waals surface area contributed by atoms with Gasteiger partial charge in [0.1, 0.15) is 23.4 Å². The van der Waals surface area contributed by atoms with E-state index >= 15 is 0 Å². The predicted molar refractivity (Wildman–Crippen MR) is 70.0 cm³/mol. The second-order valence-corrected chi connectivity index (χ2v) is 4.03. The maximum absolute atomic E-state index is 13.7. The molecule has 2 rings (SSSR count). The SMILES string of the molecule is COc1ccc(C(O)c2ccccc2F)c(OC)c1. The maximum Gasteiger partial charge on any atom is 0.129 e. The maximum atomic E-state index is 13.7. The van der Waals surface area contributed by atoms with Crippen LogP contribution in [-0.2, 0) is 0 Å². The standard InChI is InChI=1S/C15H15FO3/c1-18-10-7-8-12(14(9-10)19-2)15(17)11-5-3-4-6-13(11)16/h3-9,15,17H,1-2H3. The van der Waals surface area contributed by atoms with E-state index in [2.05, 4.69) is 0 Å². The van der Waals surface area contributed by atoms with Gasteiger partial charge in [0.05, 0.1) is 14.2 Å². The summed E-state index contributed by atoms with van der Waals surface area (Å²) in [6.45, 7) is 0. The molecule has 2 aromatic rings. The molecular weight excluding hydrogens is 247 g/mol. The van der Waals surface area contributed by atoms with Crippen molar-refractivity contribution in [2.24, 2.45) is 0 Å². The van der Waals surface area contributed by atoms with Gasteiger partial charge in [0.15, 0.2) is 0 Å². The van der Waals surface area contributed by atoms with Crippen molar-refractivity contribution in [3.05, 3.63) is 59.4 Å². The van der Waals surface area contributed by atoms with Gasteiger partial charge in [0, 0.05) is 17.2 Å². The number of halogens is 1. The molecule has 0 bridgehead atoms. The molecule has 1 unspecified atom stereocenters. The van der Waals surface area contributed by atoms with Crippen LogP contribution in [0.15, 0.2) is 42.5 Å². The second kappa shape index (κ2) is 5.71. The molecule has 0 heterocycles. The van der Waals surface area contributed by atoms with Crippen molar-refractivity contribution >= 4 is 0 Å². The van der Waals surface area contributed by atoms with Crippen LogP contribution < -0.4 is 9.47 Å². The summed E-state index contributed by atoms with van der Waals surface area (Å²) in [6, 6.07) is 11.1. The normalized spacial score (nSPS) is 12.0. The minimum Gasteiger partial charge on any atom is -0.497 e. The predicted octanol–water partition coefficient (Wildman–Crippen LogP) is 2.92. The molecule has 1 atom stereocenters. The molecule has 0 aliphatic heterocycles. The highest BCUT2D eigenvalue weighted by Crippen LogP contribution is 2.33. The van der Waals surface area contributed by atoms with Crippen molar-refractivity contribution in [1.82, 2.24) is 0 Å². The first kappa shape index (κ1) is 13.4. The van der Waals surface area contributed by atoms with Crippen LogP contribution in [0.5, 0.6) is 11.5 Å². The van der Waals surface area contributed by atoms with Crippen molar-refractivity contribution in [1.29, 1.82) is 0 Å². The molecule has 0 spiro atoms. The van der Waals surface area contributed by atoms with Gasteiger partial charge in [-0.1, -0.05) is 18.2 Å². The fraction of sp³-hybridized carbons (Fsp3) is 0.200. The van der Waals surface area contributed by atoms with Gasteiger partial charge in [-0.15, -0.1) is 0 Å².